The summed E-state index contributed by atoms with van der Waals surface area (Å²) in [6.45, 7) is 0. The topological polar surface area (TPSA) is 62.6 Å². The molecule has 2 N–H and O–H groups in total. The number of rotatable bonds is 5. The maximum absolute atomic E-state index is 10.1. The number of benzene rings is 1. The summed E-state index contributed by atoms with van der Waals surface area (Å²) in [4.78, 5) is 4.30. The summed E-state index contributed by atoms with van der Waals surface area (Å²) in [5.74, 6) is 1.08. The lowest BCUT2D eigenvalue weighted by Crippen LogP contribution is -2.18. The van der Waals surface area contributed by atoms with Crippen LogP contribution in [0.2, 0.25) is 0 Å². The standard InChI is InChI=1S/C14H17NO3S/c1-18-13-5-3-9-8-10(2-4-11(9)15-13)14(17)12(16)6-7-19/h2-5,8,12,14,16-17,19H,6-7H2,1H3. The van der Waals surface area contributed by atoms with Crippen LogP contribution in [0.3, 0.4) is 0 Å². The first-order chi connectivity index (χ1) is 9.15. The van der Waals surface area contributed by atoms with E-state index in [9.17, 15) is 10.2 Å². The van der Waals surface area contributed by atoms with E-state index in [0.717, 1.165) is 10.9 Å². The number of aliphatic hydroxyl groups excluding tert-OH is 2. The molecule has 2 rings (SSSR count). The second kappa shape index (κ2) is 6.23. The molecule has 0 amide bonds. The van der Waals surface area contributed by atoms with Gasteiger partial charge in [0.25, 0.3) is 0 Å². The van der Waals surface area contributed by atoms with Gasteiger partial charge in [-0.05, 0) is 35.9 Å². The number of methoxy groups -OCH3 is 1. The number of pyridine rings is 1. The lowest BCUT2D eigenvalue weighted by atomic mass is 10.0. The minimum Gasteiger partial charge on any atom is -0.481 e. The van der Waals surface area contributed by atoms with E-state index in [4.69, 9.17) is 4.74 Å². The van der Waals surface area contributed by atoms with Crippen LogP contribution in [0.15, 0.2) is 30.3 Å². The molecule has 0 aliphatic carbocycles. The van der Waals surface area contributed by atoms with Gasteiger partial charge < -0.3 is 14.9 Å². The van der Waals surface area contributed by atoms with E-state index in [0.29, 0.717) is 23.6 Å². The molecule has 0 spiro atoms. The molecule has 2 unspecified atom stereocenters. The average molecular weight is 279 g/mol. The Labute approximate surface area is 117 Å². The Kier molecular flexibility index (Phi) is 4.63. The van der Waals surface area contributed by atoms with E-state index in [2.05, 4.69) is 17.6 Å². The fourth-order valence-corrected chi connectivity index (χ4v) is 2.20. The molecule has 0 bridgehead atoms. The Morgan fingerprint density at radius 2 is 2.05 bits per heavy atom. The van der Waals surface area contributed by atoms with Gasteiger partial charge in [0.2, 0.25) is 5.88 Å². The van der Waals surface area contributed by atoms with Gasteiger partial charge in [-0.2, -0.15) is 12.6 Å². The highest BCUT2D eigenvalue weighted by Crippen LogP contribution is 2.24. The molecule has 0 fully saturated rings. The summed E-state index contributed by atoms with van der Waals surface area (Å²) in [7, 11) is 1.57. The van der Waals surface area contributed by atoms with Crippen LogP contribution >= 0.6 is 12.6 Å². The number of fused-ring (bicyclic) bond motifs is 1. The van der Waals surface area contributed by atoms with Crippen molar-refractivity contribution in [3.63, 3.8) is 0 Å². The maximum atomic E-state index is 10.1. The van der Waals surface area contributed by atoms with Crippen LogP contribution in [0, 0.1) is 0 Å². The number of nitrogens with zero attached hydrogens (tertiary/aromatic N) is 1. The Morgan fingerprint density at radius 1 is 1.26 bits per heavy atom. The summed E-state index contributed by atoms with van der Waals surface area (Å²) in [6.07, 6.45) is -1.26. The van der Waals surface area contributed by atoms with E-state index in [-0.39, 0.29) is 0 Å². The molecule has 5 heteroatoms. The summed E-state index contributed by atoms with van der Waals surface area (Å²) in [5, 5.41) is 20.7. The second-order valence-corrected chi connectivity index (χ2v) is 4.78. The molecule has 0 saturated carbocycles. The van der Waals surface area contributed by atoms with Gasteiger partial charge in [-0.1, -0.05) is 6.07 Å². The van der Waals surface area contributed by atoms with Crippen molar-refractivity contribution in [1.29, 1.82) is 0 Å². The molecule has 2 aromatic rings. The first-order valence-electron chi connectivity index (χ1n) is 6.07. The third kappa shape index (κ3) is 3.18. The van der Waals surface area contributed by atoms with Gasteiger partial charge in [-0.3, -0.25) is 0 Å². The van der Waals surface area contributed by atoms with Crippen LogP contribution in [0.4, 0.5) is 0 Å². The van der Waals surface area contributed by atoms with Gasteiger partial charge in [0.1, 0.15) is 6.10 Å². The predicted molar refractivity (Wildman–Crippen MR) is 77.7 cm³/mol. The highest BCUT2D eigenvalue weighted by molar-refractivity contribution is 7.80. The van der Waals surface area contributed by atoms with Gasteiger partial charge in [-0.15, -0.1) is 0 Å². The third-order valence-electron chi connectivity index (χ3n) is 3.03. The predicted octanol–water partition coefficient (Wildman–Crippen LogP) is 1.96. The average Bonchev–Trinajstić information content (AvgIpc) is 2.45. The van der Waals surface area contributed by atoms with Crippen LogP contribution in [0.1, 0.15) is 18.1 Å². The molecule has 0 aliphatic heterocycles. The number of ether oxygens (including phenoxy) is 1. The summed E-state index contributed by atoms with van der Waals surface area (Å²) >= 11 is 4.05. The monoisotopic (exact) mass is 279 g/mol. The molecule has 1 aromatic heterocycles. The molecule has 0 radical (unpaired) electrons. The Hall–Kier alpha value is -1.30. The fourth-order valence-electron chi connectivity index (χ4n) is 1.94. The molecular weight excluding hydrogens is 262 g/mol. The molecular formula is C14H17NO3S. The van der Waals surface area contributed by atoms with E-state index in [1.54, 1.807) is 19.2 Å². The van der Waals surface area contributed by atoms with Crippen molar-refractivity contribution in [2.24, 2.45) is 0 Å². The minimum atomic E-state index is -0.904. The molecule has 0 saturated heterocycles. The summed E-state index contributed by atoms with van der Waals surface area (Å²) < 4.78 is 5.06. The molecule has 1 heterocycles. The smallest absolute Gasteiger partial charge is 0.213 e. The zero-order valence-electron chi connectivity index (χ0n) is 10.7. The Bertz CT molecular complexity index is 561. The number of hydrogen-bond acceptors (Lipinski definition) is 5. The van der Waals surface area contributed by atoms with E-state index in [1.165, 1.54) is 0 Å². The van der Waals surface area contributed by atoms with Gasteiger partial charge >= 0.3 is 0 Å². The maximum Gasteiger partial charge on any atom is 0.213 e. The van der Waals surface area contributed by atoms with Crippen molar-refractivity contribution < 1.29 is 14.9 Å². The zero-order chi connectivity index (χ0) is 13.8. The Morgan fingerprint density at radius 3 is 2.74 bits per heavy atom. The third-order valence-corrected chi connectivity index (χ3v) is 3.29. The van der Waals surface area contributed by atoms with Crippen LogP contribution in [0.5, 0.6) is 5.88 Å². The van der Waals surface area contributed by atoms with Crippen LogP contribution in [0.25, 0.3) is 10.9 Å². The van der Waals surface area contributed by atoms with E-state index in [1.807, 2.05) is 18.2 Å². The van der Waals surface area contributed by atoms with Crippen molar-refractivity contribution in [1.82, 2.24) is 4.98 Å². The van der Waals surface area contributed by atoms with Crippen LogP contribution in [-0.2, 0) is 0 Å². The lowest BCUT2D eigenvalue weighted by molar-refractivity contribution is 0.0173. The molecule has 19 heavy (non-hydrogen) atoms. The summed E-state index contributed by atoms with van der Waals surface area (Å²) in [5.41, 5.74) is 1.47. The number of thiol groups is 1. The van der Waals surface area contributed by atoms with Crippen molar-refractivity contribution in [2.75, 3.05) is 12.9 Å². The zero-order valence-corrected chi connectivity index (χ0v) is 11.5. The van der Waals surface area contributed by atoms with Crippen molar-refractivity contribution in [2.45, 2.75) is 18.6 Å². The number of aromatic nitrogens is 1. The molecule has 2 atom stereocenters. The minimum absolute atomic E-state index is 0.448. The number of hydrogen-bond donors (Lipinski definition) is 3. The highest BCUT2D eigenvalue weighted by Gasteiger charge is 2.17. The second-order valence-electron chi connectivity index (χ2n) is 4.33. The van der Waals surface area contributed by atoms with Gasteiger partial charge in [-0.25, -0.2) is 4.98 Å². The van der Waals surface area contributed by atoms with Crippen LogP contribution in [-0.4, -0.2) is 34.2 Å². The first-order valence-corrected chi connectivity index (χ1v) is 6.70. The highest BCUT2D eigenvalue weighted by atomic mass is 32.1. The first kappa shape index (κ1) is 14.1. The van der Waals surface area contributed by atoms with Gasteiger partial charge in [0.05, 0.1) is 18.7 Å². The van der Waals surface area contributed by atoms with E-state index >= 15 is 0 Å². The van der Waals surface area contributed by atoms with Crippen molar-refractivity contribution >= 4 is 23.5 Å². The van der Waals surface area contributed by atoms with Crippen LogP contribution < -0.4 is 4.74 Å². The Balaban J connectivity index is 2.31. The molecule has 102 valence electrons. The normalized spacial score (nSPS) is 14.3. The molecule has 4 nitrogen and oxygen atoms in total. The summed E-state index contributed by atoms with van der Waals surface area (Å²) in [6, 6.07) is 9.05. The molecule has 0 aliphatic rings. The van der Waals surface area contributed by atoms with Crippen molar-refractivity contribution in [3.05, 3.63) is 35.9 Å². The van der Waals surface area contributed by atoms with Gasteiger partial charge in [0, 0.05) is 11.5 Å². The molecule has 1 aromatic carbocycles. The lowest BCUT2D eigenvalue weighted by Gasteiger charge is -2.17. The number of aliphatic hydroxyl groups is 2. The largest absolute Gasteiger partial charge is 0.481 e. The fraction of sp³-hybridized carbons (Fsp3) is 0.357. The van der Waals surface area contributed by atoms with Gasteiger partial charge in [0.15, 0.2) is 0 Å². The SMILES string of the molecule is COc1ccc2cc(C(O)C(O)CCS)ccc2n1. The van der Waals surface area contributed by atoms with E-state index < -0.39 is 12.2 Å². The quantitative estimate of drug-likeness (QED) is 0.732. The van der Waals surface area contributed by atoms with Crippen molar-refractivity contribution in [3.8, 4) is 5.88 Å².